The van der Waals surface area contributed by atoms with Crippen LogP contribution in [0.2, 0.25) is 0 Å². The molecule has 124 valence electrons. The Kier molecular flexibility index (Phi) is 4.73. The Bertz CT molecular complexity index is 777. The molecule has 6 nitrogen and oxygen atoms in total. The number of aromatic nitrogens is 2. The Labute approximate surface area is 130 Å². The van der Waals surface area contributed by atoms with Crippen LogP contribution in [0.1, 0.15) is 11.3 Å². The first-order valence-corrected chi connectivity index (χ1v) is 8.25. The number of sulfonamides is 1. The maximum atomic E-state index is 12.4. The lowest BCUT2D eigenvalue weighted by molar-refractivity contribution is -0.141. The summed E-state index contributed by atoms with van der Waals surface area (Å²) in [6.07, 6.45) is -3.52. The van der Waals surface area contributed by atoms with Gasteiger partial charge in [-0.3, -0.25) is 4.72 Å². The zero-order chi connectivity index (χ0) is 17.1. The van der Waals surface area contributed by atoms with Gasteiger partial charge in [-0.2, -0.15) is 13.2 Å². The number of para-hydroxylation sites is 1. The fraction of sp³-hybridized carbons (Fsp3) is 0.231. The number of alkyl halides is 3. The minimum atomic E-state index is -4.54. The van der Waals surface area contributed by atoms with Gasteiger partial charge in [0.2, 0.25) is 10.0 Å². The van der Waals surface area contributed by atoms with E-state index in [9.17, 15) is 21.6 Å². The molecule has 0 aliphatic carbocycles. The van der Waals surface area contributed by atoms with Gasteiger partial charge in [0.15, 0.2) is 5.69 Å². The van der Waals surface area contributed by atoms with Crippen LogP contribution in [-0.2, 0) is 22.7 Å². The van der Waals surface area contributed by atoms with Gasteiger partial charge in [0.1, 0.15) is 5.82 Å². The molecule has 0 saturated carbocycles. The molecule has 0 bridgehead atoms. The van der Waals surface area contributed by atoms with Crippen LogP contribution in [0.4, 0.5) is 24.7 Å². The van der Waals surface area contributed by atoms with Crippen LogP contribution < -0.4 is 10.0 Å². The lowest BCUT2D eigenvalue weighted by Gasteiger charge is -2.12. The van der Waals surface area contributed by atoms with Gasteiger partial charge >= 0.3 is 6.18 Å². The third-order valence-corrected chi connectivity index (χ3v) is 3.32. The van der Waals surface area contributed by atoms with Gasteiger partial charge in [0.05, 0.1) is 11.9 Å². The summed E-state index contributed by atoms with van der Waals surface area (Å²) in [7, 11) is -3.44. The minimum Gasteiger partial charge on any atom is -0.364 e. The monoisotopic (exact) mass is 346 g/mol. The topological polar surface area (TPSA) is 84.0 Å². The molecule has 2 rings (SSSR count). The maximum absolute atomic E-state index is 12.4. The van der Waals surface area contributed by atoms with E-state index in [4.69, 9.17) is 0 Å². The largest absolute Gasteiger partial charge is 0.435 e. The van der Waals surface area contributed by atoms with Crippen LogP contribution in [0.25, 0.3) is 0 Å². The summed E-state index contributed by atoms with van der Waals surface area (Å²) in [6.45, 7) is 0.165. The second kappa shape index (κ2) is 6.41. The first kappa shape index (κ1) is 17.0. The molecule has 0 fully saturated rings. The summed E-state index contributed by atoms with van der Waals surface area (Å²) in [6, 6.07) is 8.60. The molecule has 10 heteroatoms. The molecule has 1 heterocycles. The maximum Gasteiger partial charge on any atom is 0.435 e. The van der Waals surface area contributed by atoms with E-state index in [0.717, 1.165) is 18.4 Å². The predicted octanol–water partition coefficient (Wildman–Crippen LogP) is 2.48. The van der Waals surface area contributed by atoms with E-state index in [1.54, 1.807) is 24.3 Å². The fourth-order valence-electron chi connectivity index (χ4n) is 1.74. The quantitative estimate of drug-likeness (QED) is 0.869. The smallest absolute Gasteiger partial charge is 0.364 e. The summed E-state index contributed by atoms with van der Waals surface area (Å²) in [5, 5.41) is 9.33. The molecule has 23 heavy (non-hydrogen) atoms. The van der Waals surface area contributed by atoms with E-state index >= 15 is 0 Å². The van der Waals surface area contributed by atoms with Crippen molar-refractivity contribution in [3.63, 3.8) is 0 Å². The van der Waals surface area contributed by atoms with E-state index < -0.39 is 21.9 Å². The lowest BCUT2D eigenvalue weighted by atomic mass is 10.2. The van der Waals surface area contributed by atoms with Gasteiger partial charge in [0, 0.05) is 6.54 Å². The van der Waals surface area contributed by atoms with E-state index in [0.29, 0.717) is 11.3 Å². The third-order valence-electron chi connectivity index (χ3n) is 2.73. The first-order valence-electron chi connectivity index (χ1n) is 6.36. The number of benzene rings is 1. The highest BCUT2D eigenvalue weighted by atomic mass is 32.2. The van der Waals surface area contributed by atoms with Gasteiger partial charge < -0.3 is 5.32 Å². The van der Waals surface area contributed by atoms with Crippen LogP contribution >= 0.6 is 0 Å². The number of rotatable bonds is 5. The molecule has 0 aliphatic rings. The SMILES string of the molecule is CS(=O)(=O)Nc1ccccc1CNc1ccc(C(F)(F)F)nn1. The average molecular weight is 346 g/mol. The Morgan fingerprint density at radius 1 is 1.09 bits per heavy atom. The molecule has 0 aliphatic heterocycles. The van der Waals surface area contributed by atoms with Crippen molar-refractivity contribution in [1.29, 1.82) is 0 Å². The van der Waals surface area contributed by atoms with Crippen LogP contribution in [0.15, 0.2) is 36.4 Å². The van der Waals surface area contributed by atoms with Crippen molar-refractivity contribution >= 4 is 21.5 Å². The molecule has 1 aromatic heterocycles. The van der Waals surface area contributed by atoms with Gasteiger partial charge in [-0.15, -0.1) is 10.2 Å². The minimum absolute atomic E-state index is 0.146. The summed E-state index contributed by atoms with van der Waals surface area (Å²) in [4.78, 5) is 0. The second-order valence-electron chi connectivity index (χ2n) is 4.69. The molecule has 0 saturated heterocycles. The highest BCUT2D eigenvalue weighted by molar-refractivity contribution is 7.92. The third kappa shape index (κ3) is 5.09. The molecule has 0 spiro atoms. The van der Waals surface area contributed by atoms with Gasteiger partial charge in [0.25, 0.3) is 0 Å². The van der Waals surface area contributed by atoms with Crippen molar-refractivity contribution in [1.82, 2.24) is 10.2 Å². The highest BCUT2D eigenvalue weighted by Crippen LogP contribution is 2.27. The molecule has 1 aromatic carbocycles. The molecule has 0 atom stereocenters. The molecule has 2 N–H and O–H groups in total. The number of nitrogens with zero attached hydrogens (tertiary/aromatic N) is 2. The van der Waals surface area contributed by atoms with Gasteiger partial charge in [-0.25, -0.2) is 8.42 Å². The number of halogens is 3. The zero-order valence-electron chi connectivity index (χ0n) is 11.9. The van der Waals surface area contributed by atoms with E-state index in [2.05, 4.69) is 20.2 Å². The second-order valence-corrected chi connectivity index (χ2v) is 6.43. The Hall–Kier alpha value is -2.36. The number of anilines is 2. The van der Waals surface area contributed by atoms with Gasteiger partial charge in [-0.05, 0) is 23.8 Å². The van der Waals surface area contributed by atoms with Crippen LogP contribution in [0.5, 0.6) is 0 Å². The van der Waals surface area contributed by atoms with Crippen LogP contribution in [-0.4, -0.2) is 24.9 Å². The Morgan fingerprint density at radius 2 is 1.78 bits per heavy atom. The van der Waals surface area contributed by atoms with Crippen molar-refractivity contribution in [3.05, 3.63) is 47.7 Å². The van der Waals surface area contributed by atoms with Gasteiger partial charge in [-0.1, -0.05) is 18.2 Å². The van der Waals surface area contributed by atoms with E-state index in [-0.39, 0.29) is 12.4 Å². The summed E-state index contributed by atoms with van der Waals surface area (Å²) in [5.41, 5.74) is -0.0933. The summed E-state index contributed by atoms with van der Waals surface area (Å²) < 4.78 is 62.1. The lowest BCUT2D eigenvalue weighted by Crippen LogP contribution is -2.13. The standard InChI is InChI=1S/C13H13F3N4O2S/c1-23(21,22)20-10-5-3-2-4-9(10)8-17-12-7-6-11(18-19-12)13(14,15)16/h2-7,20H,8H2,1H3,(H,17,19). The molecule has 0 amide bonds. The van der Waals surface area contributed by atoms with Crippen molar-refractivity contribution in [2.24, 2.45) is 0 Å². The summed E-state index contributed by atoms with van der Waals surface area (Å²) >= 11 is 0. The molecular weight excluding hydrogens is 333 g/mol. The van der Waals surface area contributed by atoms with Crippen molar-refractivity contribution in [2.45, 2.75) is 12.7 Å². The predicted molar refractivity (Wildman–Crippen MR) is 79.3 cm³/mol. The number of nitrogens with one attached hydrogen (secondary N) is 2. The number of hydrogen-bond donors (Lipinski definition) is 2. The van der Waals surface area contributed by atoms with E-state index in [1.165, 1.54) is 0 Å². The molecule has 0 unspecified atom stereocenters. The average Bonchev–Trinajstić information content (AvgIpc) is 2.44. The zero-order valence-corrected chi connectivity index (χ0v) is 12.7. The van der Waals surface area contributed by atoms with Crippen molar-refractivity contribution in [3.8, 4) is 0 Å². The van der Waals surface area contributed by atoms with Crippen LogP contribution in [0, 0.1) is 0 Å². The fourth-order valence-corrected chi connectivity index (χ4v) is 2.34. The Morgan fingerprint density at radius 3 is 2.35 bits per heavy atom. The number of hydrogen-bond acceptors (Lipinski definition) is 5. The first-order chi connectivity index (χ1) is 10.6. The van der Waals surface area contributed by atoms with Crippen LogP contribution in [0.3, 0.4) is 0 Å². The highest BCUT2D eigenvalue weighted by Gasteiger charge is 2.32. The molecule has 2 aromatic rings. The molecule has 0 radical (unpaired) electrons. The van der Waals surface area contributed by atoms with E-state index in [1.807, 2.05) is 0 Å². The van der Waals surface area contributed by atoms with Crippen molar-refractivity contribution in [2.75, 3.05) is 16.3 Å². The Balaban J connectivity index is 2.09. The molecular formula is C13H13F3N4O2S. The normalized spacial score (nSPS) is 12.0. The van der Waals surface area contributed by atoms with Crippen molar-refractivity contribution < 1.29 is 21.6 Å². The summed E-state index contributed by atoms with van der Waals surface area (Å²) in [5.74, 6) is 0.146.